The van der Waals surface area contributed by atoms with Gasteiger partial charge in [0.2, 0.25) is 5.91 Å². The van der Waals surface area contributed by atoms with Crippen LogP contribution in [0.5, 0.6) is 0 Å². The zero-order chi connectivity index (χ0) is 52.7. The smallest absolute Gasteiger partial charge is 0.268 e. The van der Waals surface area contributed by atoms with Crippen molar-refractivity contribution in [3.63, 3.8) is 0 Å². The van der Waals surface area contributed by atoms with E-state index in [1.807, 2.05) is 39.4 Å². The summed E-state index contributed by atoms with van der Waals surface area (Å²) in [6, 6.07) is -0.959. The first-order chi connectivity index (χ1) is 35.0. The lowest BCUT2D eigenvalue weighted by molar-refractivity contribution is -0.870. The Morgan fingerprint density at radius 2 is 0.861 bits per heavy atom. The number of quaternary nitrogens is 1. The summed E-state index contributed by atoms with van der Waals surface area (Å²) in [7, 11) is 1.17. The number of hydrogen-bond acceptors (Lipinski definition) is 6. The molecule has 0 heterocycles. The first-order valence-electron chi connectivity index (χ1n) is 29.2. The Kier molecular flexibility index (Phi) is 50.9. The van der Waals surface area contributed by atoms with Gasteiger partial charge in [-0.2, -0.15) is 0 Å². The maximum absolute atomic E-state index is 12.9. The minimum atomic E-state index is -4.64. The largest absolute Gasteiger partial charge is 0.756 e. The molecule has 72 heavy (non-hydrogen) atoms. The Hall–Kier alpha value is -2.84. The van der Waals surface area contributed by atoms with Crippen LogP contribution in [0.15, 0.2) is 109 Å². The zero-order valence-corrected chi connectivity index (χ0v) is 48.0. The molecule has 9 heteroatoms. The van der Waals surface area contributed by atoms with Gasteiger partial charge in [-0.1, -0.05) is 252 Å². The lowest BCUT2D eigenvalue weighted by Crippen LogP contribution is -2.45. The molecule has 0 bridgehead atoms. The second-order valence-electron chi connectivity index (χ2n) is 20.6. The second kappa shape index (κ2) is 53.0. The highest BCUT2D eigenvalue weighted by Gasteiger charge is 2.23. The van der Waals surface area contributed by atoms with Crippen molar-refractivity contribution in [3.8, 4) is 0 Å². The summed E-state index contributed by atoms with van der Waals surface area (Å²) < 4.78 is 23.3. The van der Waals surface area contributed by atoms with Gasteiger partial charge < -0.3 is 28.8 Å². The third-order valence-electron chi connectivity index (χ3n) is 12.5. The van der Waals surface area contributed by atoms with Gasteiger partial charge in [-0.25, -0.2) is 0 Å². The van der Waals surface area contributed by atoms with Gasteiger partial charge in [0.25, 0.3) is 7.82 Å². The number of aliphatic hydroxyl groups excluding tert-OH is 1. The van der Waals surface area contributed by atoms with E-state index in [4.69, 9.17) is 9.05 Å². The number of rotatable bonds is 52. The van der Waals surface area contributed by atoms with Crippen molar-refractivity contribution in [2.75, 3.05) is 40.9 Å². The monoisotopic (exact) mass is 1020 g/mol. The van der Waals surface area contributed by atoms with Crippen LogP contribution in [0.25, 0.3) is 0 Å². The number of amides is 1. The van der Waals surface area contributed by atoms with E-state index >= 15 is 0 Å². The predicted molar refractivity (Wildman–Crippen MR) is 311 cm³/mol. The van der Waals surface area contributed by atoms with Gasteiger partial charge in [0.15, 0.2) is 0 Å². The zero-order valence-electron chi connectivity index (χ0n) is 47.1. The summed E-state index contributed by atoms with van der Waals surface area (Å²) in [6.07, 6.45) is 77.8. The first-order valence-corrected chi connectivity index (χ1v) is 30.7. The summed E-state index contributed by atoms with van der Waals surface area (Å²) in [5, 5.41) is 13.8. The summed E-state index contributed by atoms with van der Waals surface area (Å²) in [5.74, 6) is -0.296. The topological polar surface area (TPSA) is 108 Å². The molecule has 0 aromatic heterocycles. The number of nitrogens with zero attached hydrogens (tertiary/aromatic N) is 1. The van der Waals surface area contributed by atoms with E-state index in [1.54, 1.807) is 6.08 Å². The van der Waals surface area contributed by atoms with Crippen LogP contribution in [-0.2, 0) is 18.4 Å². The third-order valence-corrected chi connectivity index (χ3v) is 13.4. The Labute approximate surface area is 444 Å². The van der Waals surface area contributed by atoms with Gasteiger partial charge in [-0.05, 0) is 83.5 Å². The molecule has 2 N–H and O–H groups in total. The molecule has 1 amide bonds. The molecule has 0 spiro atoms. The van der Waals surface area contributed by atoms with Crippen LogP contribution in [-0.4, -0.2) is 68.5 Å². The quantitative estimate of drug-likeness (QED) is 0.0272. The summed E-state index contributed by atoms with van der Waals surface area (Å²) in [4.78, 5) is 25.4. The fourth-order valence-electron chi connectivity index (χ4n) is 7.91. The van der Waals surface area contributed by atoms with Crippen molar-refractivity contribution in [1.29, 1.82) is 0 Å². The summed E-state index contributed by atoms with van der Waals surface area (Å²) >= 11 is 0. The molecule has 0 rings (SSSR count). The van der Waals surface area contributed by atoms with Crippen LogP contribution in [0.1, 0.15) is 232 Å². The van der Waals surface area contributed by atoms with Gasteiger partial charge >= 0.3 is 0 Å². The van der Waals surface area contributed by atoms with Gasteiger partial charge in [0.1, 0.15) is 13.2 Å². The van der Waals surface area contributed by atoms with Crippen LogP contribution in [0.4, 0.5) is 0 Å². The van der Waals surface area contributed by atoms with Crippen molar-refractivity contribution >= 4 is 13.7 Å². The van der Waals surface area contributed by atoms with Crippen molar-refractivity contribution in [3.05, 3.63) is 109 Å². The van der Waals surface area contributed by atoms with Crippen LogP contribution in [0.2, 0.25) is 0 Å². The van der Waals surface area contributed by atoms with Crippen LogP contribution in [0, 0.1) is 0 Å². The second-order valence-corrected chi connectivity index (χ2v) is 22.0. The van der Waals surface area contributed by atoms with Gasteiger partial charge in [0, 0.05) is 6.42 Å². The number of carbonyl (C=O) groups excluding carboxylic acids is 1. The lowest BCUT2D eigenvalue weighted by Gasteiger charge is -2.29. The molecular formula is C63H111N2O6P. The average Bonchev–Trinajstić information content (AvgIpc) is 3.34. The molecule has 0 saturated carbocycles. The third kappa shape index (κ3) is 54.9. The van der Waals surface area contributed by atoms with E-state index in [0.29, 0.717) is 23.9 Å². The number of phosphoric acid groups is 1. The maximum Gasteiger partial charge on any atom is 0.268 e. The van der Waals surface area contributed by atoms with Crippen molar-refractivity contribution in [2.45, 2.75) is 244 Å². The molecule has 0 aliphatic carbocycles. The standard InChI is InChI=1S/C63H111N2O6P/c1-6-8-10-12-14-16-18-20-22-24-26-27-28-29-30-31-32-33-34-35-36-37-39-40-42-44-46-48-50-52-54-56-62(66)61(60-71-72(68,69)70-59-58-65(3,4)5)64-63(67)57-55-53-51-49-47-45-43-41-38-25-23-21-19-17-15-13-11-9-7-2/h9,11,15,17,21,23,38-41,45-48,51,53-54,56,61-62,66H,6-8,10,12-14,16,18-20,22,24-37,42-44,49-50,52,55,57-60H2,1-5H3,(H-,64,67,68,69)/b11-9-,17-15-,23-21-,40-39+,41-38-,47-45-,48-46+,53-51-,56-54+. The molecule has 0 aliphatic heterocycles. The number of likely N-dealkylation sites (N-methyl/N-ethyl adjacent to an activating group) is 1. The number of allylic oxidation sites excluding steroid dienone is 17. The highest BCUT2D eigenvalue weighted by Crippen LogP contribution is 2.38. The van der Waals surface area contributed by atoms with E-state index in [9.17, 15) is 19.4 Å². The number of hydrogen-bond donors (Lipinski definition) is 2. The number of nitrogens with one attached hydrogen (secondary N) is 1. The Bertz CT molecular complexity index is 1540. The normalized spacial score (nSPS) is 14.7. The molecule has 8 nitrogen and oxygen atoms in total. The van der Waals surface area contributed by atoms with E-state index in [1.165, 1.54) is 141 Å². The van der Waals surface area contributed by atoms with E-state index in [0.717, 1.165) is 57.8 Å². The van der Waals surface area contributed by atoms with Gasteiger partial charge in [0.05, 0.1) is 39.9 Å². The molecule has 0 fully saturated rings. The Balaban J connectivity index is 4.33. The van der Waals surface area contributed by atoms with E-state index < -0.39 is 26.6 Å². The Morgan fingerprint density at radius 1 is 0.500 bits per heavy atom. The number of aliphatic hydroxyl groups is 1. The Morgan fingerprint density at radius 3 is 1.28 bits per heavy atom. The predicted octanol–water partition coefficient (Wildman–Crippen LogP) is 17.3. The summed E-state index contributed by atoms with van der Waals surface area (Å²) in [5.41, 5.74) is 0. The van der Waals surface area contributed by atoms with Crippen LogP contribution in [0.3, 0.4) is 0 Å². The number of phosphoric ester groups is 1. The van der Waals surface area contributed by atoms with E-state index in [2.05, 4.69) is 104 Å². The number of unbranched alkanes of at least 4 members (excludes halogenated alkanes) is 23. The SMILES string of the molecule is CC/C=C\C/C=C\C/C=C\C/C=C\C/C=C\C/C=C\CCC(=O)NC(COP(=O)([O-])OCC[N+](C)(C)C)C(O)/C=C/CC/C=C/CC/C=C/CCCCCCCCCCCCCCCCCCCCCCC. The van der Waals surface area contributed by atoms with Crippen molar-refractivity contribution in [1.82, 2.24) is 5.32 Å². The molecule has 3 atom stereocenters. The van der Waals surface area contributed by atoms with Crippen LogP contribution < -0.4 is 10.2 Å². The average molecular weight is 1020 g/mol. The minimum Gasteiger partial charge on any atom is -0.756 e. The molecule has 0 radical (unpaired) electrons. The number of carbonyl (C=O) groups is 1. The molecular weight excluding hydrogens is 912 g/mol. The molecule has 0 saturated heterocycles. The van der Waals surface area contributed by atoms with Gasteiger partial charge in [-0.3, -0.25) is 9.36 Å². The van der Waals surface area contributed by atoms with Crippen LogP contribution >= 0.6 is 7.82 Å². The fraction of sp³-hybridized carbons (Fsp3) is 0.698. The van der Waals surface area contributed by atoms with Gasteiger partial charge in [-0.15, -0.1) is 0 Å². The van der Waals surface area contributed by atoms with E-state index in [-0.39, 0.29) is 18.9 Å². The molecule has 0 aromatic rings. The highest BCUT2D eigenvalue weighted by atomic mass is 31.2. The van der Waals surface area contributed by atoms with Crippen molar-refractivity contribution in [2.24, 2.45) is 0 Å². The molecule has 414 valence electrons. The maximum atomic E-state index is 12.9. The lowest BCUT2D eigenvalue weighted by atomic mass is 10.0. The molecule has 3 unspecified atom stereocenters. The summed E-state index contributed by atoms with van der Waals surface area (Å²) in [6.45, 7) is 4.45. The van der Waals surface area contributed by atoms with Crippen molar-refractivity contribution < 1.29 is 32.9 Å². The highest BCUT2D eigenvalue weighted by molar-refractivity contribution is 7.45. The first kappa shape index (κ1) is 69.2. The minimum absolute atomic E-state index is 0.0286. The molecule has 0 aliphatic rings. The fourth-order valence-corrected chi connectivity index (χ4v) is 8.64. The molecule has 0 aromatic carbocycles.